The highest BCUT2D eigenvalue weighted by Crippen LogP contribution is 2.07. The number of hydrogen-bond acceptors (Lipinski definition) is 4. The van der Waals surface area contributed by atoms with Gasteiger partial charge >= 0.3 is 5.97 Å². The van der Waals surface area contributed by atoms with Crippen LogP contribution in [0.25, 0.3) is 0 Å². The van der Waals surface area contributed by atoms with E-state index >= 15 is 0 Å². The van der Waals surface area contributed by atoms with E-state index in [2.05, 4.69) is 42.9 Å². The summed E-state index contributed by atoms with van der Waals surface area (Å²) in [5.74, 6) is -0.270. The van der Waals surface area contributed by atoms with Gasteiger partial charge in [-0.2, -0.15) is 0 Å². The standard InChI is InChI=1S/C12H24N2O2/c1-10(11(15)16-6)7-8-13-9-12(2,3)14(4)5/h7,13H,8-9H2,1-6H3. The maximum Gasteiger partial charge on any atom is 0.333 e. The molecule has 0 aromatic carbocycles. The molecule has 0 aliphatic heterocycles. The van der Waals surface area contributed by atoms with E-state index in [9.17, 15) is 4.79 Å². The van der Waals surface area contributed by atoms with Crippen LogP contribution in [0.5, 0.6) is 0 Å². The smallest absolute Gasteiger partial charge is 0.333 e. The number of nitrogens with zero attached hydrogens (tertiary/aromatic N) is 1. The number of rotatable bonds is 6. The van der Waals surface area contributed by atoms with Gasteiger partial charge in [-0.3, -0.25) is 0 Å². The van der Waals surface area contributed by atoms with Crippen molar-refractivity contribution in [3.63, 3.8) is 0 Å². The third kappa shape index (κ3) is 5.28. The Bertz CT molecular complexity index is 258. The highest BCUT2D eigenvalue weighted by atomic mass is 16.5. The van der Waals surface area contributed by atoms with Crippen LogP contribution >= 0.6 is 0 Å². The summed E-state index contributed by atoms with van der Waals surface area (Å²) in [4.78, 5) is 13.2. The van der Waals surface area contributed by atoms with Gasteiger partial charge in [0.05, 0.1) is 7.11 Å². The predicted molar refractivity (Wildman–Crippen MR) is 66.4 cm³/mol. The molecule has 0 spiro atoms. The number of ether oxygens (including phenoxy) is 1. The van der Waals surface area contributed by atoms with Crippen LogP contribution in [0.1, 0.15) is 20.8 Å². The van der Waals surface area contributed by atoms with E-state index in [-0.39, 0.29) is 11.5 Å². The average molecular weight is 228 g/mol. The van der Waals surface area contributed by atoms with E-state index in [1.54, 1.807) is 6.92 Å². The summed E-state index contributed by atoms with van der Waals surface area (Å²) in [6.07, 6.45) is 1.84. The Kier molecular flexibility index (Phi) is 6.29. The van der Waals surface area contributed by atoms with E-state index in [1.165, 1.54) is 7.11 Å². The lowest BCUT2D eigenvalue weighted by Gasteiger charge is -2.32. The molecule has 0 rings (SSSR count). The van der Waals surface area contributed by atoms with Crippen LogP contribution in [0.3, 0.4) is 0 Å². The fourth-order valence-electron chi connectivity index (χ4n) is 1.01. The van der Waals surface area contributed by atoms with Crippen LogP contribution < -0.4 is 5.32 Å². The molecule has 0 aromatic heterocycles. The van der Waals surface area contributed by atoms with Crippen molar-refractivity contribution in [1.82, 2.24) is 10.2 Å². The molecular formula is C12H24N2O2. The number of carbonyl (C=O) groups excluding carboxylic acids is 1. The second-order valence-corrected chi connectivity index (χ2v) is 4.72. The van der Waals surface area contributed by atoms with Crippen LogP contribution in [0.4, 0.5) is 0 Å². The van der Waals surface area contributed by atoms with Gasteiger partial charge in [0.25, 0.3) is 0 Å². The molecule has 4 heteroatoms. The first-order chi connectivity index (χ1) is 7.31. The maximum absolute atomic E-state index is 11.1. The lowest BCUT2D eigenvalue weighted by molar-refractivity contribution is -0.136. The highest BCUT2D eigenvalue weighted by molar-refractivity contribution is 5.87. The molecule has 0 atom stereocenters. The van der Waals surface area contributed by atoms with Crippen LogP contribution in [-0.4, -0.2) is 50.7 Å². The molecule has 0 aliphatic carbocycles. The number of likely N-dealkylation sites (N-methyl/N-ethyl adjacent to an activating group) is 1. The first-order valence-corrected chi connectivity index (χ1v) is 5.44. The monoisotopic (exact) mass is 228 g/mol. The van der Waals surface area contributed by atoms with Crippen molar-refractivity contribution in [3.05, 3.63) is 11.6 Å². The summed E-state index contributed by atoms with van der Waals surface area (Å²) in [5, 5.41) is 3.29. The summed E-state index contributed by atoms with van der Waals surface area (Å²) in [5.41, 5.74) is 0.741. The van der Waals surface area contributed by atoms with Gasteiger partial charge in [0.15, 0.2) is 0 Å². The van der Waals surface area contributed by atoms with E-state index in [1.807, 2.05) is 6.08 Å². The lowest BCUT2D eigenvalue weighted by Crippen LogP contribution is -2.46. The Balaban J connectivity index is 3.97. The SMILES string of the molecule is COC(=O)C(C)=CCNCC(C)(C)N(C)C. The second-order valence-electron chi connectivity index (χ2n) is 4.72. The summed E-state index contributed by atoms with van der Waals surface area (Å²) >= 11 is 0. The number of esters is 1. The molecule has 0 saturated heterocycles. The van der Waals surface area contributed by atoms with Crippen molar-refractivity contribution in [2.75, 3.05) is 34.3 Å². The molecule has 0 heterocycles. The Labute approximate surface area is 98.6 Å². The zero-order chi connectivity index (χ0) is 12.8. The Morgan fingerprint density at radius 1 is 1.44 bits per heavy atom. The van der Waals surface area contributed by atoms with E-state index in [0.717, 1.165) is 6.54 Å². The average Bonchev–Trinajstić information content (AvgIpc) is 2.22. The largest absolute Gasteiger partial charge is 0.466 e. The van der Waals surface area contributed by atoms with Crippen LogP contribution in [0.2, 0.25) is 0 Å². The summed E-state index contributed by atoms with van der Waals surface area (Å²) in [6, 6.07) is 0. The van der Waals surface area contributed by atoms with Crippen LogP contribution in [-0.2, 0) is 9.53 Å². The zero-order valence-corrected chi connectivity index (χ0v) is 11.3. The topological polar surface area (TPSA) is 41.6 Å². The minimum Gasteiger partial charge on any atom is -0.466 e. The van der Waals surface area contributed by atoms with Crippen molar-refractivity contribution in [2.45, 2.75) is 26.3 Å². The third-order valence-corrected chi connectivity index (χ3v) is 2.83. The van der Waals surface area contributed by atoms with Gasteiger partial charge in [0, 0.05) is 24.2 Å². The third-order valence-electron chi connectivity index (χ3n) is 2.83. The van der Waals surface area contributed by atoms with Crippen LogP contribution in [0, 0.1) is 0 Å². The molecule has 0 unspecified atom stereocenters. The molecule has 16 heavy (non-hydrogen) atoms. The van der Waals surface area contributed by atoms with Gasteiger partial charge in [-0.1, -0.05) is 6.08 Å². The Hall–Kier alpha value is -0.870. The van der Waals surface area contributed by atoms with E-state index in [0.29, 0.717) is 12.1 Å². The predicted octanol–water partition coefficient (Wildman–Crippen LogP) is 1.04. The molecule has 0 aliphatic rings. The number of carbonyl (C=O) groups is 1. The van der Waals surface area contributed by atoms with Gasteiger partial charge in [0.2, 0.25) is 0 Å². The molecule has 0 amide bonds. The van der Waals surface area contributed by atoms with Gasteiger partial charge in [0.1, 0.15) is 0 Å². The molecule has 0 fully saturated rings. The van der Waals surface area contributed by atoms with E-state index < -0.39 is 0 Å². The Morgan fingerprint density at radius 2 is 2.00 bits per heavy atom. The zero-order valence-electron chi connectivity index (χ0n) is 11.3. The first kappa shape index (κ1) is 15.1. The first-order valence-electron chi connectivity index (χ1n) is 5.44. The molecular weight excluding hydrogens is 204 g/mol. The summed E-state index contributed by atoms with van der Waals surface area (Å²) in [7, 11) is 5.50. The molecule has 0 radical (unpaired) electrons. The maximum atomic E-state index is 11.1. The molecule has 0 bridgehead atoms. The minimum atomic E-state index is -0.270. The minimum absolute atomic E-state index is 0.104. The second kappa shape index (κ2) is 6.66. The van der Waals surface area contributed by atoms with Crippen molar-refractivity contribution < 1.29 is 9.53 Å². The van der Waals surface area contributed by atoms with Gasteiger partial charge in [-0.25, -0.2) is 4.79 Å². The van der Waals surface area contributed by atoms with Gasteiger partial charge in [-0.05, 0) is 34.9 Å². The Morgan fingerprint density at radius 3 is 2.44 bits per heavy atom. The van der Waals surface area contributed by atoms with Crippen LogP contribution in [0.15, 0.2) is 11.6 Å². The summed E-state index contributed by atoms with van der Waals surface area (Å²) < 4.78 is 4.60. The number of nitrogens with one attached hydrogen (secondary N) is 1. The summed E-state index contributed by atoms with van der Waals surface area (Å²) in [6.45, 7) is 7.63. The van der Waals surface area contributed by atoms with Crippen molar-refractivity contribution >= 4 is 5.97 Å². The van der Waals surface area contributed by atoms with Gasteiger partial charge in [-0.15, -0.1) is 0 Å². The normalized spacial score (nSPS) is 13.1. The fourth-order valence-corrected chi connectivity index (χ4v) is 1.01. The molecule has 94 valence electrons. The van der Waals surface area contributed by atoms with Crippen molar-refractivity contribution in [3.8, 4) is 0 Å². The quantitative estimate of drug-likeness (QED) is 0.419. The van der Waals surface area contributed by atoms with Gasteiger partial charge < -0.3 is 15.0 Å². The lowest BCUT2D eigenvalue weighted by atomic mass is 10.0. The number of hydrogen-bond donors (Lipinski definition) is 1. The highest BCUT2D eigenvalue weighted by Gasteiger charge is 2.18. The fraction of sp³-hybridized carbons (Fsp3) is 0.750. The molecule has 0 saturated carbocycles. The van der Waals surface area contributed by atoms with Crippen molar-refractivity contribution in [1.29, 1.82) is 0 Å². The number of methoxy groups -OCH3 is 1. The molecule has 4 nitrogen and oxygen atoms in total. The van der Waals surface area contributed by atoms with E-state index in [4.69, 9.17) is 0 Å². The molecule has 1 N–H and O–H groups in total. The van der Waals surface area contributed by atoms with Crippen molar-refractivity contribution in [2.24, 2.45) is 0 Å². The molecule has 0 aromatic rings.